The van der Waals surface area contributed by atoms with Gasteiger partial charge in [0.2, 0.25) is 0 Å². The summed E-state index contributed by atoms with van der Waals surface area (Å²) >= 11 is 10.9. The second kappa shape index (κ2) is 3.87. The molecule has 0 saturated heterocycles. The van der Waals surface area contributed by atoms with Gasteiger partial charge < -0.3 is 4.42 Å². The second-order valence-corrected chi connectivity index (χ2v) is 5.32. The third-order valence-corrected chi connectivity index (χ3v) is 4.05. The van der Waals surface area contributed by atoms with E-state index in [0.717, 1.165) is 20.8 Å². The van der Waals surface area contributed by atoms with Gasteiger partial charge in [0.1, 0.15) is 4.60 Å². The van der Waals surface area contributed by atoms with Crippen LogP contribution in [0, 0.1) is 0 Å². The average molecular weight is 315 g/mol. The maximum atomic E-state index is 6.04. The molecule has 5 heteroatoms. The van der Waals surface area contributed by atoms with Gasteiger partial charge in [0, 0.05) is 10.8 Å². The molecular formula is C11H5BrClNOS. The highest BCUT2D eigenvalue weighted by atomic mass is 79.9. The van der Waals surface area contributed by atoms with Gasteiger partial charge in [-0.1, -0.05) is 23.7 Å². The molecule has 0 radical (unpaired) electrons. The number of hydrogen-bond donors (Lipinski definition) is 0. The largest absolute Gasteiger partial charge is 0.452 e. The minimum atomic E-state index is 0.624. The molecular weight excluding hydrogens is 310 g/mol. The fraction of sp³-hybridized carbons (Fsp3) is 0. The van der Waals surface area contributed by atoms with Gasteiger partial charge in [-0.05, 0) is 28.1 Å². The Morgan fingerprint density at radius 2 is 2.25 bits per heavy atom. The highest BCUT2D eigenvalue weighted by Gasteiger charge is 2.11. The van der Waals surface area contributed by atoms with E-state index in [-0.39, 0.29) is 0 Å². The van der Waals surface area contributed by atoms with Crippen molar-refractivity contribution in [2.24, 2.45) is 0 Å². The van der Waals surface area contributed by atoms with E-state index in [2.05, 4.69) is 20.9 Å². The molecule has 3 rings (SSSR count). The number of fused-ring (bicyclic) bond motifs is 1. The first-order chi connectivity index (χ1) is 7.74. The van der Waals surface area contributed by atoms with Gasteiger partial charge in [-0.15, -0.1) is 11.3 Å². The van der Waals surface area contributed by atoms with E-state index < -0.39 is 0 Å². The highest BCUT2D eigenvalue weighted by molar-refractivity contribution is 9.10. The number of furan rings is 1. The molecule has 80 valence electrons. The van der Waals surface area contributed by atoms with Gasteiger partial charge in [-0.2, -0.15) is 0 Å². The summed E-state index contributed by atoms with van der Waals surface area (Å²) in [6, 6.07) is 7.64. The van der Waals surface area contributed by atoms with Gasteiger partial charge in [-0.25, -0.2) is 4.98 Å². The Hall–Kier alpha value is -0.840. The van der Waals surface area contributed by atoms with Crippen molar-refractivity contribution >= 4 is 49.8 Å². The number of rotatable bonds is 1. The van der Waals surface area contributed by atoms with E-state index in [1.165, 1.54) is 11.3 Å². The van der Waals surface area contributed by atoms with E-state index in [4.69, 9.17) is 16.0 Å². The molecule has 0 N–H and O–H groups in total. The Kier molecular flexibility index (Phi) is 2.50. The predicted octanol–water partition coefficient (Wildman–Crippen LogP) is 4.97. The summed E-state index contributed by atoms with van der Waals surface area (Å²) in [5.41, 5.74) is 0.713. The summed E-state index contributed by atoms with van der Waals surface area (Å²) in [5.74, 6) is 0.749. The molecule has 0 aliphatic rings. The number of benzene rings is 1. The van der Waals surface area contributed by atoms with Crippen LogP contribution in [0.15, 0.2) is 38.7 Å². The molecule has 2 nitrogen and oxygen atoms in total. The fourth-order valence-corrected chi connectivity index (χ4v) is 2.93. The second-order valence-electron chi connectivity index (χ2n) is 3.24. The molecule has 0 unspecified atom stereocenters. The van der Waals surface area contributed by atoms with E-state index in [1.807, 2.05) is 29.6 Å². The summed E-state index contributed by atoms with van der Waals surface area (Å²) in [4.78, 5) is 4.30. The van der Waals surface area contributed by atoms with Crippen molar-refractivity contribution in [1.82, 2.24) is 4.98 Å². The minimum Gasteiger partial charge on any atom is -0.452 e. The Balaban J connectivity index is 2.22. The van der Waals surface area contributed by atoms with Crippen LogP contribution in [-0.2, 0) is 0 Å². The molecule has 0 aliphatic heterocycles. The maximum Gasteiger partial charge on any atom is 0.164 e. The molecule has 0 amide bonds. The Bertz CT molecular complexity index is 661. The summed E-state index contributed by atoms with van der Waals surface area (Å²) in [6.45, 7) is 0. The number of aromatic nitrogens is 1. The highest BCUT2D eigenvalue weighted by Crippen LogP contribution is 2.33. The van der Waals surface area contributed by atoms with Crippen LogP contribution in [0.1, 0.15) is 0 Å². The zero-order valence-electron chi connectivity index (χ0n) is 7.91. The molecule has 2 heterocycles. The van der Waals surface area contributed by atoms with E-state index in [1.54, 1.807) is 0 Å². The van der Waals surface area contributed by atoms with Crippen LogP contribution in [-0.4, -0.2) is 4.98 Å². The van der Waals surface area contributed by atoms with Crippen molar-refractivity contribution < 1.29 is 4.42 Å². The summed E-state index contributed by atoms with van der Waals surface area (Å²) in [7, 11) is 0. The lowest BCUT2D eigenvalue weighted by atomic mass is 10.2. The quantitative estimate of drug-likeness (QED) is 0.633. The Labute approximate surface area is 109 Å². The third kappa shape index (κ3) is 1.67. The van der Waals surface area contributed by atoms with Gasteiger partial charge >= 0.3 is 0 Å². The third-order valence-electron chi connectivity index (χ3n) is 2.18. The normalized spacial score (nSPS) is 11.1. The predicted molar refractivity (Wildman–Crippen MR) is 70.0 cm³/mol. The van der Waals surface area contributed by atoms with Gasteiger partial charge in [-0.3, -0.25) is 0 Å². The molecule has 3 aromatic rings. The molecule has 0 saturated carbocycles. The number of para-hydroxylation sites is 1. The van der Waals surface area contributed by atoms with Crippen LogP contribution < -0.4 is 0 Å². The van der Waals surface area contributed by atoms with Crippen LogP contribution >= 0.6 is 38.9 Å². The van der Waals surface area contributed by atoms with Crippen LogP contribution in [0.2, 0.25) is 5.02 Å². The minimum absolute atomic E-state index is 0.624. The standard InChI is InChI=1S/C11H5BrClNOS/c12-9-5-16-11(14-9)8-4-6-2-1-3-7(13)10(6)15-8/h1-5H. The Morgan fingerprint density at radius 1 is 1.38 bits per heavy atom. The van der Waals surface area contributed by atoms with Crippen LogP contribution in [0.25, 0.3) is 21.7 Å². The first-order valence-electron chi connectivity index (χ1n) is 4.53. The van der Waals surface area contributed by atoms with Crippen molar-refractivity contribution in [2.75, 3.05) is 0 Å². The first kappa shape index (κ1) is 10.3. The molecule has 2 aromatic heterocycles. The number of hydrogen-bond acceptors (Lipinski definition) is 3. The summed E-state index contributed by atoms with van der Waals surface area (Å²) < 4.78 is 6.51. The zero-order chi connectivity index (χ0) is 11.1. The Morgan fingerprint density at radius 3 is 2.94 bits per heavy atom. The van der Waals surface area contributed by atoms with E-state index >= 15 is 0 Å². The maximum absolute atomic E-state index is 6.04. The summed E-state index contributed by atoms with van der Waals surface area (Å²) in [5, 5.41) is 4.39. The zero-order valence-corrected chi connectivity index (χ0v) is 11.1. The van der Waals surface area contributed by atoms with Gasteiger partial charge in [0.15, 0.2) is 16.4 Å². The number of nitrogens with zero attached hydrogens (tertiary/aromatic N) is 1. The molecule has 0 spiro atoms. The monoisotopic (exact) mass is 313 g/mol. The lowest BCUT2D eigenvalue weighted by Crippen LogP contribution is -1.68. The van der Waals surface area contributed by atoms with Crippen molar-refractivity contribution in [3.63, 3.8) is 0 Å². The average Bonchev–Trinajstić information content (AvgIpc) is 2.84. The number of halogens is 2. The molecule has 16 heavy (non-hydrogen) atoms. The smallest absolute Gasteiger partial charge is 0.164 e. The fourth-order valence-electron chi connectivity index (χ4n) is 1.50. The molecule has 0 fully saturated rings. The molecule has 1 aromatic carbocycles. The lowest BCUT2D eigenvalue weighted by molar-refractivity contribution is 0.631. The van der Waals surface area contributed by atoms with Crippen molar-refractivity contribution in [3.8, 4) is 10.8 Å². The van der Waals surface area contributed by atoms with Crippen molar-refractivity contribution in [2.45, 2.75) is 0 Å². The van der Waals surface area contributed by atoms with Crippen LogP contribution in [0.4, 0.5) is 0 Å². The van der Waals surface area contributed by atoms with Crippen LogP contribution in [0.3, 0.4) is 0 Å². The molecule has 0 aliphatic carbocycles. The molecule has 0 atom stereocenters. The topological polar surface area (TPSA) is 26.0 Å². The van der Waals surface area contributed by atoms with E-state index in [9.17, 15) is 0 Å². The van der Waals surface area contributed by atoms with Gasteiger partial charge in [0.05, 0.1) is 5.02 Å². The van der Waals surface area contributed by atoms with Gasteiger partial charge in [0.25, 0.3) is 0 Å². The van der Waals surface area contributed by atoms with E-state index in [0.29, 0.717) is 10.6 Å². The van der Waals surface area contributed by atoms with Crippen molar-refractivity contribution in [3.05, 3.63) is 39.3 Å². The SMILES string of the molecule is Clc1cccc2cc(-c3nc(Br)cs3)oc12. The number of thiazole rings is 1. The molecule has 0 bridgehead atoms. The van der Waals surface area contributed by atoms with Crippen molar-refractivity contribution in [1.29, 1.82) is 0 Å². The first-order valence-corrected chi connectivity index (χ1v) is 6.58. The lowest BCUT2D eigenvalue weighted by Gasteiger charge is -1.89. The van der Waals surface area contributed by atoms with Crippen LogP contribution in [0.5, 0.6) is 0 Å². The summed E-state index contributed by atoms with van der Waals surface area (Å²) in [6.07, 6.45) is 0.